The van der Waals surface area contributed by atoms with E-state index in [1.807, 2.05) is 97.1 Å². The molecule has 2 aliphatic heterocycles. The Morgan fingerprint density at radius 2 is 1.59 bits per heavy atom. The molecule has 0 saturated carbocycles. The van der Waals surface area contributed by atoms with Gasteiger partial charge in [-0.15, -0.1) is 0 Å². The van der Waals surface area contributed by atoms with E-state index in [1.54, 1.807) is 6.08 Å². The van der Waals surface area contributed by atoms with Gasteiger partial charge in [0.1, 0.15) is 12.6 Å². The number of β-lactam (4-membered cyclic amide) rings is 1. The molecule has 3 aromatic carbocycles. The molecule has 0 aliphatic carbocycles. The summed E-state index contributed by atoms with van der Waals surface area (Å²) in [4.78, 5) is 28.0. The number of hydrogen-bond acceptors (Lipinski definition) is 7. The van der Waals surface area contributed by atoms with Gasteiger partial charge in [-0.05, 0) is 34.8 Å². The summed E-state index contributed by atoms with van der Waals surface area (Å²) in [6.45, 7) is 0.621. The minimum Gasteiger partial charge on any atom is -0.459 e. The van der Waals surface area contributed by atoms with Gasteiger partial charge in [0.25, 0.3) is 0 Å². The molecule has 200 valence electrons. The lowest BCUT2D eigenvalue weighted by Crippen LogP contribution is -2.70. The van der Waals surface area contributed by atoms with Gasteiger partial charge >= 0.3 is 5.97 Å². The third-order valence-electron chi connectivity index (χ3n) is 7.03. The van der Waals surface area contributed by atoms with E-state index in [4.69, 9.17) is 10.5 Å². The SMILES string of the molecule is NC1=CC(C[C@H]2C(=O)N(C(O)NC(c3ccccc3)c3ccccc3)C2C(=O)OCc2ccccc2)=CCN1. The summed E-state index contributed by atoms with van der Waals surface area (Å²) in [5.41, 5.74) is 9.44. The number of aliphatic hydroxyl groups is 1. The Hall–Kier alpha value is -4.40. The highest BCUT2D eigenvalue weighted by atomic mass is 16.5. The first-order valence-electron chi connectivity index (χ1n) is 13.0. The number of allylic oxidation sites excluding steroid dienone is 2. The number of nitrogens with zero attached hydrogens (tertiary/aromatic N) is 1. The van der Waals surface area contributed by atoms with Crippen molar-refractivity contribution in [2.45, 2.75) is 31.5 Å². The van der Waals surface area contributed by atoms with Gasteiger partial charge in [0, 0.05) is 6.54 Å². The number of likely N-dealkylation sites (tertiary alicyclic amines) is 1. The van der Waals surface area contributed by atoms with Crippen LogP contribution < -0.4 is 16.4 Å². The van der Waals surface area contributed by atoms with Gasteiger partial charge in [-0.3, -0.25) is 15.0 Å². The maximum atomic E-state index is 13.4. The molecule has 1 fully saturated rings. The predicted octanol–water partition coefficient (Wildman–Crippen LogP) is 2.93. The molecular formula is C31H32N4O4. The van der Waals surface area contributed by atoms with Crippen molar-refractivity contribution in [3.63, 3.8) is 0 Å². The Morgan fingerprint density at radius 3 is 2.18 bits per heavy atom. The highest BCUT2D eigenvalue weighted by molar-refractivity contribution is 5.97. The van der Waals surface area contributed by atoms with Gasteiger partial charge in [-0.25, -0.2) is 4.79 Å². The monoisotopic (exact) mass is 524 g/mol. The van der Waals surface area contributed by atoms with Gasteiger partial charge in [0.2, 0.25) is 5.91 Å². The Morgan fingerprint density at radius 1 is 1.00 bits per heavy atom. The lowest BCUT2D eigenvalue weighted by Gasteiger charge is -2.48. The van der Waals surface area contributed by atoms with Crippen LogP contribution in [0.25, 0.3) is 0 Å². The molecule has 0 bridgehead atoms. The van der Waals surface area contributed by atoms with Crippen LogP contribution >= 0.6 is 0 Å². The number of carbonyl (C=O) groups is 2. The topological polar surface area (TPSA) is 117 Å². The van der Waals surface area contributed by atoms with Crippen molar-refractivity contribution < 1.29 is 19.4 Å². The van der Waals surface area contributed by atoms with Crippen molar-refractivity contribution in [2.24, 2.45) is 11.7 Å². The van der Waals surface area contributed by atoms with Gasteiger partial charge in [-0.2, -0.15) is 0 Å². The first-order valence-corrected chi connectivity index (χ1v) is 13.0. The second-order valence-corrected chi connectivity index (χ2v) is 9.65. The summed E-state index contributed by atoms with van der Waals surface area (Å²) in [5.74, 6) is -1.06. The second-order valence-electron chi connectivity index (χ2n) is 9.65. The number of benzene rings is 3. The van der Waals surface area contributed by atoms with E-state index in [0.717, 1.165) is 22.3 Å². The number of esters is 1. The number of carbonyl (C=O) groups excluding carboxylic acids is 2. The molecule has 0 aromatic heterocycles. The standard InChI is InChI=1S/C31H32N4O4/c32-26-19-22(16-17-33-26)18-25-28(30(37)39-20-21-10-4-1-5-11-21)35(29(25)36)31(38)34-27(23-12-6-2-7-13-23)24-14-8-3-9-15-24/h1-16,19,25,27-28,31,33-34,38H,17-18,20,32H2/t25-,28?,31?/m1/s1. The van der Waals surface area contributed by atoms with Crippen molar-refractivity contribution in [1.82, 2.24) is 15.5 Å². The van der Waals surface area contributed by atoms with Crippen LogP contribution in [0.4, 0.5) is 0 Å². The van der Waals surface area contributed by atoms with Crippen LogP contribution in [-0.4, -0.2) is 40.8 Å². The van der Waals surface area contributed by atoms with Crippen molar-refractivity contribution in [3.05, 3.63) is 131 Å². The Bertz CT molecular complexity index is 1310. The van der Waals surface area contributed by atoms with Crippen molar-refractivity contribution in [2.75, 3.05) is 6.54 Å². The van der Waals surface area contributed by atoms with Crippen molar-refractivity contribution >= 4 is 11.9 Å². The van der Waals surface area contributed by atoms with Crippen LogP contribution in [0, 0.1) is 5.92 Å². The average Bonchev–Trinajstić information content (AvgIpc) is 2.97. The summed E-state index contributed by atoms with van der Waals surface area (Å²) in [5, 5.41) is 17.5. The molecule has 3 aromatic rings. The van der Waals surface area contributed by atoms with E-state index < -0.39 is 30.3 Å². The Balaban J connectivity index is 1.37. The number of nitrogens with one attached hydrogen (secondary N) is 2. The molecule has 2 aliphatic rings. The normalized spacial score (nSPS) is 19.4. The van der Waals surface area contributed by atoms with Crippen LogP contribution in [0.1, 0.15) is 29.2 Å². The average molecular weight is 525 g/mol. The van der Waals surface area contributed by atoms with Crippen molar-refractivity contribution in [1.29, 1.82) is 0 Å². The molecule has 5 rings (SSSR count). The zero-order chi connectivity index (χ0) is 27.2. The molecule has 2 unspecified atom stereocenters. The van der Waals surface area contributed by atoms with E-state index in [1.165, 1.54) is 4.90 Å². The molecule has 1 amide bonds. The maximum Gasteiger partial charge on any atom is 0.330 e. The summed E-state index contributed by atoms with van der Waals surface area (Å²) in [7, 11) is 0. The number of rotatable bonds is 10. The molecule has 39 heavy (non-hydrogen) atoms. The third kappa shape index (κ3) is 6.03. The van der Waals surface area contributed by atoms with Crippen LogP contribution in [-0.2, 0) is 20.9 Å². The van der Waals surface area contributed by atoms with E-state index in [0.29, 0.717) is 18.8 Å². The van der Waals surface area contributed by atoms with Crippen LogP contribution in [0.2, 0.25) is 0 Å². The molecule has 8 heteroatoms. The lowest BCUT2D eigenvalue weighted by atomic mass is 9.81. The summed E-state index contributed by atoms with van der Waals surface area (Å²) >= 11 is 0. The molecular weight excluding hydrogens is 492 g/mol. The third-order valence-corrected chi connectivity index (χ3v) is 7.03. The number of nitrogens with two attached hydrogens (primary N) is 1. The van der Waals surface area contributed by atoms with E-state index in [2.05, 4.69) is 10.6 Å². The van der Waals surface area contributed by atoms with Crippen LogP contribution in [0.5, 0.6) is 0 Å². The lowest BCUT2D eigenvalue weighted by molar-refractivity contribution is -0.193. The highest BCUT2D eigenvalue weighted by Crippen LogP contribution is 2.36. The number of hydrogen-bond donors (Lipinski definition) is 4. The zero-order valence-corrected chi connectivity index (χ0v) is 21.4. The first-order chi connectivity index (χ1) is 19.0. The first kappa shape index (κ1) is 26.2. The van der Waals surface area contributed by atoms with Gasteiger partial charge in [-0.1, -0.05) is 97.1 Å². The van der Waals surface area contributed by atoms with Gasteiger partial charge in [0.05, 0.1) is 17.8 Å². The molecule has 8 nitrogen and oxygen atoms in total. The Labute approximate surface area is 227 Å². The summed E-state index contributed by atoms with van der Waals surface area (Å²) in [6, 6.07) is 27.3. The molecule has 0 radical (unpaired) electrons. The fourth-order valence-corrected chi connectivity index (χ4v) is 5.05. The van der Waals surface area contributed by atoms with Crippen LogP contribution in [0.15, 0.2) is 115 Å². The Kier molecular flexibility index (Phi) is 8.05. The molecule has 1 saturated heterocycles. The molecule has 5 N–H and O–H groups in total. The minimum atomic E-state index is -1.42. The quantitative estimate of drug-likeness (QED) is 0.183. The number of amides is 1. The van der Waals surface area contributed by atoms with E-state index in [9.17, 15) is 14.7 Å². The van der Waals surface area contributed by atoms with E-state index >= 15 is 0 Å². The van der Waals surface area contributed by atoms with E-state index in [-0.39, 0.29) is 12.5 Å². The largest absolute Gasteiger partial charge is 0.459 e. The smallest absolute Gasteiger partial charge is 0.330 e. The summed E-state index contributed by atoms with van der Waals surface area (Å²) < 4.78 is 5.63. The fraction of sp³-hybridized carbons (Fsp3) is 0.226. The van der Waals surface area contributed by atoms with Gasteiger partial charge in [0.15, 0.2) is 6.35 Å². The molecule has 2 heterocycles. The second kappa shape index (κ2) is 12.0. The predicted molar refractivity (Wildman–Crippen MR) is 147 cm³/mol. The van der Waals surface area contributed by atoms with Crippen LogP contribution in [0.3, 0.4) is 0 Å². The fourth-order valence-electron chi connectivity index (χ4n) is 5.05. The number of dihydropyridines is 1. The number of aliphatic hydroxyl groups excluding tert-OH is 1. The highest BCUT2D eigenvalue weighted by Gasteiger charge is 2.55. The molecule has 3 atom stereocenters. The summed E-state index contributed by atoms with van der Waals surface area (Å²) in [6.07, 6.45) is 2.60. The zero-order valence-electron chi connectivity index (χ0n) is 21.4. The minimum absolute atomic E-state index is 0.0740. The maximum absolute atomic E-state index is 13.4. The molecule has 0 spiro atoms. The van der Waals surface area contributed by atoms with Crippen molar-refractivity contribution in [3.8, 4) is 0 Å². The number of ether oxygens (including phenoxy) is 1. The van der Waals surface area contributed by atoms with Gasteiger partial charge < -0.3 is 20.9 Å².